The van der Waals surface area contributed by atoms with Crippen molar-refractivity contribution in [3.8, 4) is 0 Å². The average molecular weight is 269 g/mol. The van der Waals surface area contributed by atoms with Crippen LogP contribution in [0.2, 0.25) is 0 Å². The normalized spacial score (nSPS) is 20.2. The van der Waals surface area contributed by atoms with Gasteiger partial charge in [-0.1, -0.05) is 29.8 Å². The summed E-state index contributed by atoms with van der Waals surface area (Å²) in [5.41, 5.74) is 2.52. The Bertz CT molecular complexity index is 594. The van der Waals surface area contributed by atoms with Crippen molar-refractivity contribution in [2.24, 2.45) is 0 Å². The first kappa shape index (κ1) is 13.4. The molecule has 0 saturated carbocycles. The zero-order valence-electron chi connectivity index (χ0n) is 12.3. The van der Waals surface area contributed by atoms with E-state index in [0.29, 0.717) is 6.04 Å². The van der Waals surface area contributed by atoms with Gasteiger partial charge < -0.3 is 10.6 Å². The maximum absolute atomic E-state index is 3.57. The molecule has 20 heavy (non-hydrogen) atoms. The van der Waals surface area contributed by atoms with Crippen LogP contribution in [0, 0.1) is 6.92 Å². The van der Waals surface area contributed by atoms with Crippen LogP contribution in [0.1, 0.15) is 5.56 Å². The average Bonchev–Trinajstić information content (AvgIpc) is 2.46. The van der Waals surface area contributed by atoms with Crippen molar-refractivity contribution in [2.45, 2.75) is 13.0 Å². The smallest absolute Gasteiger partial charge is 0.0390 e. The van der Waals surface area contributed by atoms with E-state index < -0.39 is 0 Å². The molecule has 1 unspecified atom stereocenters. The number of aryl methyl sites for hydroxylation is 1. The first-order valence-electron chi connectivity index (χ1n) is 7.37. The third-order valence-electron chi connectivity index (χ3n) is 4.18. The quantitative estimate of drug-likeness (QED) is 0.896. The molecule has 1 aliphatic rings. The number of nitrogens with one attached hydrogen (secondary N) is 2. The molecule has 0 aromatic heterocycles. The highest BCUT2D eigenvalue weighted by Gasteiger charge is 2.17. The number of hydrogen-bond donors (Lipinski definition) is 2. The van der Waals surface area contributed by atoms with Gasteiger partial charge in [-0.05, 0) is 36.9 Å². The lowest BCUT2D eigenvalue weighted by atomic mass is 10.1. The summed E-state index contributed by atoms with van der Waals surface area (Å²) in [5.74, 6) is 0. The molecule has 1 fully saturated rings. The van der Waals surface area contributed by atoms with E-state index in [4.69, 9.17) is 0 Å². The number of nitrogens with zero attached hydrogens (tertiary/aromatic N) is 1. The predicted octanol–water partition coefficient (Wildman–Crippen LogP) is 2.46. The minimum atomic E-state index is 0.567. The molecule has 1 atom stereocenters. The first-order valence-corrected chi connectivity index (χ1v) is 7.37. The molecule has 2 aromatic rings. The Hall–Kier alpha value is -1.58. The van der Waals surface area contributed by atoms with E-state index in [2.05, 4.69) is 65.9 Å². The van der Waals surface area contributed by atoms with E-state index in [1.165, 1.54) is 22.0 Å². The van der Waals surface area contributed by atoms with Crippen LogP contribution >= 0.6 is 0 Å². The number of likely N-dealkylation sites (N-methyl/N-ethyl adjacent to an activating group) is 1. The lowest BCUT2D eigenvalue weighted by Gasteiger charge is -2.33. The van der Waals surface area contributed by atoms with Gasteiger partial charge in [0.15, 0.2) is 0 Å². The predicted molar refractivity (Wildman–Crippen MR) is 86.5 cm³/mol. The zero-order valence-corrected chi connectivity index (χ0v) is 12.3. The number of hydrogen-bond acceptors (Lipinski definition) is 3. The number of benzene rings is 2. The Morgan fingerprint density at radius 2 is 2.00 bits per heavy atom. The van der Waals surface area contributed by atoms with Crippen molar-refractivity contribution in [2.75, 3.05) is 38.5 Å². The van der Waals surface area contributed by atoms with Crippen molar-refractivity contribution in [1.29, 1.82) is 0 Å². The monoisotopic (exact) mass is 269 g/mol. The lowest BCUT2D eigenvalue weighted by Crippen LogP contribution is -2.52. The summed E-state index contributed by atoms with van der Waals surface area (Å²) in [6, 6.07) is 13.8. The minimum Gasteiger partial charge on any atom is -0.383 e. The van der Waals surface area contributed by atoms with Crippen molar-refractivity contribution < 1.29 is 0 Å². The molecule has 1 heterocycles. The third kappa shape index (κ3) is 2.94. The molecular formula is C17H23N3. The molecule has 3 heteroatoms. The van der Waals surface area contributed by atoms with Gasteiger partial charge in [0.25, 0.3) is 0 Å². The fourth-order valence-electron chi connectivity index (χ4n) is 2.80. The zero-order chi connectivity index (χ0) is 13.9. The van der Waals surface area contributed by atoms with Crippen LogP contribution in [0.3, 0.4) is 0 Å². The summed E-state index contributed by atoms with van der Waals surface area (Å²) in [5, 5.41) is 9.64. The molecule has 3 rings (SSSR count). The minimum absolute atomic E-state index is 0.567. The highest BCUT2D eigenvalue weighted by molar-refractivity contribution is 5.86. The Morgan fingerprint density at radius 3 is 2.85 bits per heavy atom. The highest BCUT2D eigenvalue weighted by Crippen LogP contribution is 2.20. The van der Waals surface area contributed by atoms with E-state index in [-0.39, 0.29) is 0 Å². The second-order valence-electron chi connectivity index (χ2n) is 5.78. The molecular weight excluding hydrogens is 246 g/mol. The summed E-state index contributed by atoms with van der Waals surface area (Å²) in [7, 11) is 2.20. The number of rotatable bonds is 3. The number of piperazine rings is 1. The summed E-state index contributed by atoms with van der Waals surface area (Å²) in [4.78, 5) is 2.42. The maximum atomic E-state index is 3.57. The topological polar surface area (TPSA) is 27.3 Å². The molecule has 2 aromatic carbocycles. The number of anilines is 1. The van der Waals surface area contributed by atoms with Crippen molar-refractivity contribution >= 4 is 16.5 Å². The molecule has 0 radical (unpaired) electrons. The van der Waals surface area contributed by atoms with Gasteiger partial charge in [0.2, 0.25) is 0 Å². The van der Waals surface area contributed by atoms with E-state index >= 15 is 0 Å². The van der Waals surface area contributed by atoms with Gasteiger partial charge in [-0.3, -0.25) is 4.90 Å². The summed E-state index contributed by atoms with van der Waals surface area (Å²) in [6.45, 7) is 6.42. The molecule has 2 N–H and O–H groups in total. The molecule has 0 amide bonds. The van der Waals surface area contributed by atoms with Gasteiger partial charge in [-0.2, -0.15) is 0 Å². The fourth-order valence-corrected chi connectivity index (χ4v) is 2.80. The van der Waals surface area contributed by atoms with Gasteiger partial charge >= 0.3 is 0 Å². The highest BCUT2D eigenvalue weighted by atomic mass is 15.2. The van der Waals surface area contributed by atoms with Crippen molar-refractivity contribution in [3.63, 3.8) is 0 Å². The molecule has 0 bridgehead atoms. The van der Waals surface area contributed by atoms with Crippen LogP contribution in [-0.2, 0) is 0 Å². The van der Waals surface area contributed by atoms with E-state index in [0.717, 1.165) is 26.2 Å². The largest absolute Gasteiger partial charge is 0.383 e. The van der Waals surface area contributed by atoms with Crippen LogP contribution in [0.25, 0.3) is 10.8 Å². The molecule has 1 aliphatic heterocycles. The SMILES string of the molecule is Cc1ccc2cc(NCC3CNCCN3C)ccc2c1. The second kappa shape index (κ2) is 5.81. The maximum Gasteiger partial charge on any atom is 0.0390 e. The fraction of sp³-hybridized carbons (Fsp3) is 0.412. The van der Waals surface area contributed by atoms with Crippen molar-refractivity contribution in [3.05, 3.63) is 42.0 Å². The van der Waals surface area contributed by atoms with Crippen LogP contribution in [0.15, 0.2) is 36.4 Å². The van der Waals surface area contributed by atoms with Gasteiger partial charge in [0, 0.05) is 37.9 Å². The van der Waals surface area contributed by atoms with Crippen LogP contribution in [0.5, 0.6) is 0 Å². The summed E-state index contributed by atoms with van der Waals surface area (Å²) >= 11 is 0. The van der Waals surface area contributed by atoms with Gasteiger partial charge in [-0.15, -0.1) is 0 Å². The first-order chi connectivity index (χ1) is 9.72. The van der Waals surface area contributed by atoms with Crippen LogP contribution in [-0.4, -0.2) is 44.2 Å². The number of fused-ring (bicyclic) bond motifs is 1. The second-order valence-corrected chi connectivity index (χ2v) is 5.78. The third-order valence-corrected chi connectivity index (χ3v) is 4.18. The Labute approximate surface area is 121 Å². The molecule has 3 nitrogen and oxygen atoms in total. The summed E-state index contributed by atoms with van der Waals surface area (Å²) < 4.78 is 0. The molecule has 0 aliphatic carbocycles. The van der Waals surface area contributed by atoms with E-state index in [1.807, 2.05) is 0 Å². The Balaban J connectivity index is 1.69. The van der Waals surface area contributed by atoms with E-state index in [9.17, 15) is 0 Å². The summed E-state index contributed by atoms with van der Waals surface area (Å²) in [6.07, 6.45) is 0. The Morgan fingerprint density at radius 1 is 1.20 bits per heavy atom. The standard InChI is InChI=1S/C17H23N3/c1-13-3-4-15-10-16(6-5-14(15)9-13)19-12-17-11-18-7-8-20(17)2/h3-6,9-10,17-19H,7-8,11-12H2,1-2H3. The lowest BCUT2D eigenvalue weighted by molar-refractivity contribution is 0.209. The van der Waals surface area contributed by atoms with E-state index in [1.54, 1.807) is 0 Å². The van der Waals surface area contributed by atoms with Gasteiger partial charge in [0.05, 0.1) is 0 Å². The van der Waals surface area contributed by atoms with Gasteiger partial charge in [-0.25, -0.2) is 0 Å². The van der Waals surface area contributed by atoms with Crippen LogP contribution < -0.4 is 10.6 Å². The molecule has 0 spiro atoms. The van der Waals surface area contributed by atoms with Crippen molar-refractivity contribution in [1.82, 2.24) is 10.2 Å². The Kier molecular flexibility index (Phi) is 3.90. The molecule has 106 valence electrons. The van der Waals surface area contributed by atoms with Crippen LogP contribution in [0.4, 0.5) is 5.69 Å². The van der Waals surface area contributed by atoms with Gasteiger partial charge in [0.1, 0.15) is 0 Å². The molecule has 1 saturated heterocycles.